The summed E-state index contributed by atoms with van der Waals surface area (Å²) in [6, 6.07) is 15.7. The number of aryl methyl sites for hydroxylation is 2. The zero-order chi connectivity index (χ0) is 31.2. The number of ether oxygens (including phenoxy) is 2. The van der Waals surface area contributed by atoms with E-state index in [0.29, 0.717) is 42.1 Å². The molecule has 3 heterocycles. The fraction of sp³-hybridized carbons (Fsp3) is 0.457. The van der Waals surface area contributed by atoms with E-state index in [1.165, 1.54) is 6.07 Å². The van der Waals surface area contributed by atoms with E-state index in [0.717, 1.165) is 36.9 Å². The molecule has 2 aliphatic heterocycles. The minimum absolute atomic E-state index is 0.0446. The second-order valence-corrected chi connectivity index (χ2v) is 11.9. The molecule has 44 heavy (non-hydrogen) atoms. The first-order valence-electron chi connectivity index (χ1n) is 15.6. The van der Waals surface area contributed by atoms with Crippen LogP contribution in [0.4, 0.5) is 10.1 Å². The van der Waals surface area contributed by atoms with Crippen LogP contribution in [0.1, 0.15) is 68.7 Å². The highest BCUT2D eigenvalue weighted by Crippen LogP contribution is 2.43. The van der Waals surface area contributed by atoms with Crippen molar-refractivity contribution in [3.8, 4) is 11.5 Å². The number of amides is 1. The lowest BCUT2D eigenvalue weighted by Gasteiger charge is -2.35. The van der Waals surface area contributed by atoms with E-state index in [-0.39, 0.29) is 37.0 Å². The molecule has 2 aliphatic rings. The Bertz CT molecular complexity index is 1450. The standard InChI is InChI=1S/C35H42FN3O5/c1-4-8-26(9-5-2)39(27-13-14-29(36)23(3)18-27)33(40)21-38-20-28(24-11-16-31-32(19-24)44-22-43-31)34(35(41)42)30(38)15-12-25-10-6-7-17-37-25/h6-7,10-11,13-14,16-19,26,28,30,34H,4-5,8-9,12,15,20-22H2,1-3H3,(H,41,42). The maximum absolute atomic E-state index is 14.4. The third kappa shape index (κ3) is 6.88. The van der Waals surface area contributed by atoms with E-state index in [1.807, 2.05) is 46.2 Å². The SMILES string of the molecule is CCCC(CCC)N(C(=O)CN1CC(c2ccc3c(c2)OCO3)C(C(=O)O)C1CCc1ccccn1)c1ccc(F)c(C)c1. The molecule has 0 spiro atoms. The topological polar surface area (TPSA) is 92.2 Å². The maximum Gasteiger partial charge on any atom is 0.308 e. The van der Waals surface area contributed by atoms with Gasteiger partial charge in [-0.3, -0.25) is 19.5 Å². The van der Waals surface area contributed by atoms with Crippen LogP contribution in [0.5, 0.6) is 11.5 Å². The monoisotopic (exact) mass is 603 g/mol. The average Bonchev–Trinajstić information content (AvgIpc) is 3.63. The van der Waals surface area contributed by atoms with E-state index in [4.69, 9.17) is 9.47 Å². The average molecular weight is 604 g/mol. The Labute approximate surface area is 258 Å². The van der Waals surface area contributed by atoms with Crippen LogP contribution < -0.4 is 14.4 Å². The Balaban J connectivity index is 1.49. The number of carboxylic acids is 1. The number of carbonyl (C=O) groups is 2. The highest BCUT2D eigenvalue weighted by Gasteiger charge is 2.47. The van der Waals surface area contributed by atoms with E-state index in [9.17, 15) is 19.1 Å². The predicted molar refractivity (Wildman–Crippen MR) is 167 cm³/mol. The highest BCUT2D eigenvalue weighted by molar-refractivity contribution is 5.95. The van der Waals surface area contributed by atoms with Gasteiger partial charge in [0.15, 0.2) is 11.5 Å². The smallest absolute Gasteiger partial charge is 0.308 e. The number of likely N-dealkylation sites (tertiary alicyclic amines) is 1. The number of benzene rings is 2. The molecule has 5 rings (SSSR count). The number of aromatic nitrogens is 1. The second kappa shape index (κ2) is 14.2. The normalized spacial score (nSPS) is 19.4. The van der Waals surface area contributed by atoms with Gasteiger partial charge < -0.3 is 19.5 Å². The van der Waals surface area contributed by atoms with Crippen LogP contribution in [0.15, 0.2) is 60.8 Å². The summed E-state index contributed by atoms with van der Waals surface area (Å²) in [4.78, 5) is 35.6. The second-order valence-electron chi connectivity index (χ2n) is 11.9. The molecule has 3 atom stereocenters. The van der Waals surface area contributed by atoms with E-state index < -0.39 is 17.9 Å². The van der Waals surface area contributed by atoms with Gasteiger partial charge in [-0.05, 0) is 86.2 Å². The highest BCUT2D eigenvalue weighted by atomic mass is 19.1. The molecule has 0 saturated carbocycles. The van der Waals surface area contributed by atoms with Crippen LogP contribution in [0.25, 0.3) is 0 Å². The molecule has 0 aliphatic carbocycles. The molecule has 3 unspecified atom stereocenters. The first-order chi connectivity index (χ1) is 21.3. The molecule has 1 amide bonds. The molecule has 8 nitrogen and oxygen atoms in total. The molecule has 1 N–H and O–H groups in total. The van der Waals surface area contributed by atoms with Crippen molar-refractivity contribution < 1.29 is 28.6 Å². The van der Waals surface area contributed by atoms with Crippen LogP contribution in [0, 0.1) is 18.7 Å². The summed E-state index contributed by atoms with van der Waals surface area (Å²) in [6.07, 6.45) is 6.29. The number of carboxylic acid groups (broad SMARTS) is 1. The van der Waals surface area contributed by atoms with Gasteiger partial charge in [0.05, 0.1) is 12.5 Å². The Morgan fingerprint density at radius 1 is 1.07 bits per heavy atom. The van der Waals surface area contributed by atoms with Crippen molar-refractivity contribution in [1.29, 1.82) is 0 Å². The third-order valence-electron chi connectivity index (χ3n) is 8.92. The molecule has 0 radical (unpaired) electrons. The number of aliphatic carboxylic acids is 1. The Morgan fingerprint density at radius 2 is 1.84 bits per heavy atom. The van der Waals surface area contributed by atoms with Gasteiger partial charge in [0.2, 0.25) is 12.7 Å². The number of anilines is 1. The van der Waals surface area contributed by atoms with E-state index in [1.54, 1.807) is 25.3 Å². The summed E-state index contributed by atoms with van der Waals surface area (Å²) in [6.45, 7) is 6.49. The zero-order valence-electron chi connectivity index (χ0n) is 25.7. The number of fused-ring (bicyclic) bond motifs is 1. The van der Waals surface area contributed by atoms with Crippen molar-refractivity contribution in [3.63, 3.8) is 0 Å². The number of hydrogen-bond acceptors (Lipinski definition) is 6. The van der Waals surface area contributed by atoms with Crippen molar-refractivity contribution in [1.82, 2.24) is 9.88 Å². The minimum atomic E-state index is -0.894. The van der Waals surface area contributed by atoms with Gasteiger partial charge in [0.25, 0.3) is 0 Å². The van der Waals surface area contributed by atoms with Gasteiger partial charge >= 0.3 is 5.97 Å². The van der Waals surface area contributed by atoms with Crippen LogP contribution in [-0.4, -0.2) is 58.8 Å². The lowest BCUT2D eigenvalue weighted by Crippen LogP contribution is -2.48. The number of carbonyl (C=O) groups excluding carboxylic acids is 1. The molecule has 2 aromatic carbocycles. The van der Waals surface area contributed by atoms with Crippen molar-refractivity contribution in [2.45, 2.75) is 77.3 Å². The molecule has 1 fully saturated rings. The van der Waals surface area contributed by atoms with Gasteiger partial charge in [0, 0.05) is 42.1 Å². The number of rotatable bonds is 13. The zero-order valence-corrected chi connectivity index (χ0v) is 25.7. The first kappa shape index (κ1) is 31.4. The van der Waals surface area contributed by atoms with E-state index >= 15 is 0 Å². The molecule has 0 bridgehead atoms. The summed E-state index contributed by atoms with van der Waals surface area (Å²) in [7, 11) is 0. The summed E-state index contributed by atoms with van der Waals surface area (Å²) in [5.74, 6) is -1.17. The van der Waals surface area contributed by atoms with Crippen molar-refractivity contribution >= 4 is 17.6 Å². The molecular weight excluding hydrogens is 561 g/mol. The summed E-state index contributed by atoms with van der Waals surface area (Å²) in [5.41, 5.74) is 2.88. The Kier molecular flexibility index (Phi) is 10.1. The van der Waals surface area contributed by atoms with Gasteiger partial charge in [0.1, 0.15) is 5.82 Å². The molecule has 234 valence electrons. The van der Waals surface area contributed by atoms with Crippen molar-refractivity contribution in [3.05, 3.63) is 83.4 Å². The largest absolute Gasteiger partial charge is 0.481 e. The molecule has 3 aromatic rings. The lowest BCUT2D eigenvalue weighted by molar-refractivity contribution is -0.143. The lowest BCUT2D eigenvalue weighted by atomic mass is 9.83. The molecule has 1 saturated heterocycles. The van der Waals surface area contributed by atoms with Crippen LogP contribution >= 0.6 is 0 Å². The first-order valence-corrected chi connectivity index (χ1v) is 15.6. The third-order valence-corrected chi connectivity index (χ3v) is 8.92. The van der Waals surface area contributed by atoms with Gasteiger partial charge in [-0.2, -0.15) is 0 Å². The molecule has 9 heteroatoms. The van der Waals surface area contributed by atoms with Crippen LogP contribution in [0.3, 0.4) is 0 Å². The number of halogens is 1. The fourth-order valence-corrected chi connectivity index (χ4v) is 6.83. The maximum atomic E-state index is 14.4. The van der Waals surface area contributed by atoms with E-state index in [2.05, 4.69) is 18.8 Å². The summed E-state index contributed by atoms with van der Waals surface area (Å²) < 4.78 is 25.4. The van der Waals surface area contributed by atoms with Crippen molar-refractivity contribution in [2.24, 2.45) is 5.92 Å². The number of pyridine rings is 1. The summed E-state index contributed by atoms with van der Waals surface area (Å²) >= 11 is 0. The minimum Gasteiger partial charge on any atom is -0.481 e. The Hall–Kier alpha value is -3.98. The van der Waals surface area contributed by atoms with Gasteiger partial charge in [-0.25, -0.2) is 4.39 Å². The van der Waals surface area contributed by atoms with Crippen LogP contribution in [-0.2, 0) is 16.0 Å². The fourth-order valence-electron chi connectivity index (χ4n) is 6.83. The molecule has 1 aromatic heterocycles. The van der Waals surface area contributed by atoms with Crippen LogP contribution in [0.2, 0.25) is 0 Å². The Morgan fingerprint density at radius 3 is 2.52 bits per heavy atom. The quantitative estimate of drug-likeness (QED) is 0.243. The van der Waals surface area contributed by atoms with Crippen molar-refractivity contribution in [2.75, 3.05) is 24.8 Å². The number of hydrogen-bond donors (Lipinski definition) is 1. The number of nitrogens with zero attached hydrogens (tertiary/aromatic N) is 3. The predicted octanol–water partition coefficient (Wildman–Crippen LogP) is 6.36. The van der Waals surface area contributed by atoms with Gasteiger partial charge in [-0.15, -0.1) is 0 Å². The van der Waals surface area contributed by atoms with Gasteiger partial charge in [-0.1, -0.05) is 38.8 Å². The summed E-state index contributed by atoms with van der Waals surface area (Å²) in [5, 5.41) is 10.6. The molecular formula is C35H42FN3O5.